The maximum atomic E-state index is 11.2. The zero-order valence-electron chi connectivity index (χ0n) is 8.62. The van der Waals surface area contributed by atoms with Gasteiger partial charge in [-0.25, -0.2) is 4.79 Å². The lowest BCUT2D eigenvalue weighted by atomic mass is 10.8. The summed E-state index contributed by atoms with van der Waals surface area (Å²) in [6, 6.07) is -0.291. The van der Waals surface area contributed by atoms with Gasteiger partial charge in [-0.3, -0.25) is 10.3 Å². The molecule has 0 saturated heterocycles. The molecule has 0 atom stereocenters. The molecule has 0 fully saturated rings. The number of aliphatic imine (C=N–C) groups is 1. The number of methoxy groups -OCH3 is 1. The van der Waals surface area contributed by atoms with Crippen LogP contribution in [0.2, 0.25) is 0 Å². The third-order valence-electron chi connectivity index (χ3n) is 1.57. The molecule has 86 valence electrons. The van der Waals surface area contributed by atoms with Crippen molar-refractivity contribution in [2.45, 2.75) is 0 Å². The van der Waals surface area contributed by atoms with E-state index in [2.05, 4.69) is 15.6 Å². The van der Waals surface area contributed by atoms with Crippen LogP contribution in [-0.4, -0.2) is 50.6 Å². The second-order valence-electron chi connectivity index (χ2n) is 2.71. The smallest absolute Gasteiger partial charge is 0.322 e. The highest BCUT2D eigenvalue weighted by Gasteiger charge is 2.09. The van der Waals surface area contributed by atoms with Crippen molar-refractivity contribution in [3.05, 3.63) is 0 Å². The standard InChI is InChI=1S/C8H15N3O3S/c1-13-3-4-14-6-10-7(12)11-8-9-2-5-15-8/h2-6H2,1H3,(H2,9,10,11,12). The Morgan fingerprint density at radius 1 is 1.60 bits per heavy atom. The number of nitrogens with one attached hydrogen (secondary N) is 2. The van der Waals surface area contributed by atoms with E-state index >= 15 is 0 Å². The van der Waals surface area contributed by atoms with Gasteiger partial charge < -0.3 is 14.8 Å². The topological polar surface area (TPSA) is 72.0 Å². The van der Waals surface area contributed by atoms with Crippen LogP contribution >= 0.6 is 11.8 Å². The summed E-state index contributed by atoms with van der Waals surface area (Å²) < 4.78 is 9.85. The summed E-state index contributed by atoms with van der Waals surface area (Å²) in [5, 5.41) is 5.84. The molecule has 0 aromatic carbocycles. The van der Waals surface area contributed by atoms with Crippen molar-refractivity contribution in [2.24, 2.45) is 4.99 Å². The van der Waals surface area contributed by atoms with Crippen molar-refractivity contribution < 1.29 is 14.3 Å². The van der Waals surface area contributed by atoms with Crippen molar-refractivity contribution in [3.8, 4) is 0 Å². The molecule has 0 unspecified atom stereocenters. The summed E-state index contributed by atoms with van der Waals surface area (Å²) >= 11 is 1.54. The first kappa shape index (κ1) is 12.3. The summed E-state index contributed by atoms with van der Waals surface area (Å²) in [4.78, 5) is 15.3. The summed E-state index contributed by atoms with van der Waals surface area (Å²) in [5.41, 5.74) is 0. The van der Waals surface area contributed by atoms with Gasteiger partial charge in [0.25, 0.3) is 0 Å². The number of ether oxygens (including phenoxy) is 2. The summed E-state index contributed by atoms with van der Waals surface area (Å²) in [5.74, 6) is 0.931. The number of hydrogen-bond acceptors (Lipinski definition) is 5. The Kier molecular flexibility index (Phi) is 6.14. The second-order valence-corrected chi connectivity index (χ2v) is 3.80. The number of thioether (sulfide) groups is 1. The van der Waals surface area contributed by atoms with E-state index in [9.17, 15) is 4.79 Å². The van der Waals surface area contributed by atoms with E-state index in [4.69, 9.17) is 9.47 Å². The van der Waals surface area contributed by atoms with Gasteiger partial charge in [-0.05, 0) is 0 Å². The van der Waals surface area contributed by atoms with Gasteiger partial charge in [0.2, 0.25) is 0 Å². The fraction of sp³-hybridized carbons (Fsp3) is 0.750. The van der Waals surface area contributed by atoms with Gasteiger partial charge in [-0.15, -0.1) is 0 Å². The molecular formula is C8H15N3O3S. The highest BCUT2D eigenvalue weighted by Crippen LogP contribution is 2.08. The molecule has 15 heavy (non-hydrogen) atoms. The van der Waals surface area contributed by atoms with Crippen LogP contribution in [0.4, 0.5) is 4.79 Å². The average Bonchev–Trinajstić information content (AvgIpc) is 2.70. The fourth-order valence-electron chi connectivity index (χ4n) is 0.883. The third kappa shape index (κ3) is 5.60. The first-order chi connectivity index (χ1) is 7.33. The molecule has 0 saturated carbocycles. The van der Waals surface area contributed by atoms with Crippen LogP contribution in [0.15, 0.2) is 4.99 Å². The van der Waals surface area contributed by atoms with Crippen molar-refractivity contribution in [2.75, 3.05) is 39.4 Å². The molecule has 0 aliphatic carbocycles. The van der Waals surface area contributed by atoms with E-state index in [1.165, 1.54) is 11.8 Å². The fourth-order valence-corrected chi connectivity index (χ4v) is 1.61. The van der Waals surface area contributed by atoms with Gasteiger partial charge in [0.15, 0.2) is 5.17 Å². The van der Waals surface area contributed by atoms with Crippen LogP contribution in [0.5, 0.6) is 0 Å². The minimum absolute atomic E-state index is 0.174. The lowest BCUT2D eigenvalue weighted by molar-refractivity contribution is 0.0645. The zero-order valence-corrected chi connectivity index (χ0v) is 9.43. The number of rotatable bonds is 5. The number of amidine groups is 1. The molecule has 0 radical (unpaired) electrons. The van der Waals surface area contributed by atoms with E-state index in [-0.39, 0.29) is 12.8 Å². The van der Waals surface area contributed by atoms with Crippen LogP contribution in [0, 0.1) is 0 Å². The van der Waals surface area contributed by atoms with Gasteiger partial charge in [0, 0.05) is 12.9 Å². The number of nitrogens with zero attached hydrogens (tertiary/aromatic N) is 1. The van der Waals surface area contributed by atoms with Crippen molar-refractivity contribution >= 4 is 23.0 Å². The predicted molar refractivity (Wildman–Crippen MR) is 59.1 cm³/mol. The predicted octanol–water partition coefficient (Wildman–Crippen LogP) is 0.00890. The van der Waals surface area contributed by atoms with Crippen LogP contribution < -0.4 is 10.6 Å². The first-order valence-electron chi connectivity index (χ1n) is 4.61. The number of carbonyl (C=O) groups is 1. The van der Waals surface area contributed by atoms with Crippen LogP contribution in [0.3, 0.4) is 0 Å². The first-order valence-corrected chi connectivity index (χ1v) is 5.60. The molecular weight excluding hydrogens is 218 g/mol. The molecule has 0 spiro atoms. The molecule has 1 aliphatic rings. The van der Waals surface area contributed by atoms with E-state index in [1.54, 1.807) is 7.11 Å². The highest BCUT2D eigenvalue weighted by atomic mass is 32.2. The molecule has 0 bridgehead atoms. The minimum Gasteiger partial charge on any atom is -0.382 e. The number of carbonyl (C=O) groups excluding carboxylic acids is 1. The lowest BCUT2D eigenvalue weighted by Crippen LogP contribution is -2.39. The molecule has 1 aliphatic heterocycles. The average molecular weight is 233 g/mol. The normalized spacial score (nSPS) is 14.9. The van der Waals surface area contributed by atoms with Gasteiger partial charge in [0.1, 0.15) is 6.73 Å². The van der Waals surface area contributed by atoms with Gasteiger partial charge >= 0.3 is 6.03 Å². The number of amides is 2. The highest BCUT2D eigenvalue weighted by molar-refractivity contribution is 8.14. The van der Waals surface area contributed by atoms with E-state index in [1.807, 2.05) is 0 Å². The SMILES string of the molecule is COCCOCNC(=O)NC1=NCCS1. The van der Waals surface area contributed by atoms with Gasteiger partial charge in [-0.2, -0.15) is 0 Å². The quantitative estimate of drug-likeness (QED) is 0.518. The van der Waals surface area contributed by atoms with E-state index in [0.29, 0.717) is 18.4 Å². The van der Waals surface area contributed by atoms with E-state index in [0.717, 1.165) is 12.3 Å². The molecule has 1 rings (SSSR count). The van der Waals surface area contributed by atoms with Crippen LogP contribution in [0.1, 0.15) is 0 Å². The third-order valence-corrected chi connectivity index (χ3v) is 2.46. The van der Waals surface area contributed by atoms with Gasteiger partial charge in [-0.1, -0.05) is 11.8 Å². The summed E-state index contributed by atoms with van der Waals surface area (Å²) in [6.45, 7) is 1.93. The minimum atomic E-state index is -0.291. The lowest BCUT2D eigenvalue weighted by Gasteiger charge is -2.07. The maximum Gasteiger partial charge on any atom is 0.322 e. The summed E-state index contributed by atoms with van der Waals surface area (Å²) in [6.07, 6.45) is 0. The second kappa shape index (κ2) is 7.49. The Morgan fingerprint density at radius 3 is 3.13 bits per heavy atom. The van der Waals surface area contributed by atoms with Crippen molar-refractivity contribution in [3.63, 3.8) is 0 Å². The van der Waals surface area contributed by atoms with Gasteiger partial charge in [0.05, 0.1) is 19.8 Å². The molecule has 1 heterocycles. The largest absolute Gasteiger partial charge is 0.382 e. The van der Waals surface area contributed by atoms with Crippen molar-refractivity contribution in [1.29, 1.82) is 0 Å². The Balaban J connectivity index is 1.98. The van der Waals surface area contributed by atoms with E-state index < -0.39 is 0 Å². The Morgan fingerprint density at radius 2 is 2.47 bits per heavy atom. The maximum absolute atomic E-state index is 11.2. The molecule has 6 nitrogen and oxygen atoms in total. The Bertz CT molecular complexity index is 235. The molecule has 0 aromatic heterocycles. The zero-order chi connectivity index (χ0) is 10.9. The molecule has 2 amide bonds. The number of hydrogen-bond donors (Lipinski definition) is 2. The monoisotopic (exact) mass is 233 g/mol. The van der Waals surface area contributed by atoms with Crippen LogP contribution in [-0.2, 0) is 9.47 Å². The molecule has 0 aromatic rings. The Hall–Kier alpha value is -0.790. The number of urea groups is 1. The summed E-state index contributed by atoms with van der Waals surface area (Å²) in [7, 11) is 1.60. The Labute approximate surface area is 92.8 Å². The van der Waals surface area contributed by atoms with Crippen molar-refractivity contribution in [1.82, 2.24) is 10.6 Å². The molecule has 2 N–H and O–H groups in total. The van der Waals surface area contributed by atoms with Crippen LogP contribution in [0.25, 0.3) is 0 Å². The molecule has 7 heteroatoms.